The SMILES string of the molecule is COCCCN1CCCC1CN. The number of methoxy groups -OCH3 is 1. The molecule has 0 amide bonds. The standard InChI is InChI=1S/C9H20N2O/c1-12-7-3-6-11-5-2-4-9(11)8-10/h9H,2-8,10H2,1H3. The first-order valence-corrected chi connectivity index (χ1v) is 4.81. The highest BCUT2D eigenvalue weighted by atomic mass is 16.5. The van der Waals surface area contributed by atoms with Crippen LogP contribution in [0.5, 0.6) is 0 Å². The third kappa shape index (κ3) is 2.73. The molecule has 2 N–H and O–H groups in total. The molecule has 0 spiro atoms. The van der Waals surface area contributed by atoms with Crippen LogP contribution in [0.1, 0.15) is 19.3 Å². The fraction of sp³-hybridized carbons (Fsp3) is 1.00. The van der Waals surface area contributed by atoms with Gasteiger partial charge in [0.1, 0.15) is 0 Å². The van der Waals surface area contributed by atoms with Gasteiger partial charge in [-0.25, -0.2) is 0 Å². The van der Waals surface area contributed by atoms with Gasteiger partial charge in [0.2, 0.25) is 0 Å². The van der Waals surface area contributed by atoms with Gasteiger partial charge in [-0.3, -0.25) is 4.90 Å². The molecule has 1 heterocycles. The second kappa shape index (κ2) is 5.51. The summed E-state index contributed by atoms with van der Waals surface area (Å²) in [6, 6.07) is 0.641. The summed E-state index contributed by atoms with van der Waals surface area (Å²) in [5, 5.41) is 0. The molecule has 0 aromatic rings. The van der Waals surface area contributed by atoms with E-state index < -0.39 is 0 Å². The number of ether oxygens (including phenoxy) is 1. The van der Waals surface area contributed by atoms with Gasteiger partial charge < -0.3 is 10.5 Å². The van der Waals surface area contributed by atoms with Gasteiger partial charge >= 0.3 is 0 Å². The molecule has 0 radical (unpaired) electrons. The highest BCUT2D eigenvalue weighted by molar-refractivity contribution is 4.79. The van der Waals surface area contributed by atoms with E-state index in [2.05, 4.69) is 4.90 Å². The molecule has 1 fully saturated rings. The Labute approximate surface area is 74.9 Å². The summed E-state index contributed by atoms with van der Waals surface area (Å²) >= 11 is 0. The quantitative estimate of drug-likeness (QED) is 0.612. The van der Waals surface area contributed by atoms with Crippen LogP contribution in [0.15, 0.2) is 0 Å². The van der Waals surface area contributed by atoms with Gasteiger partial charge in [0.05, 0.1) is 0 Å². The Morgan fingerprint density at radius 3 is 3.08 bits per heavy atom. The molecule has 3 nitrogen and oxygen atoms in total. The lowest BCUT2D eigenvalue weighted by Crippen LogP contribution is -2.36. The second-order valence-electron chi connectivity index (χ2n) is 3.41. The molecule has 1 unspecified atom stereocenters. The molecule has 12 heavy (non-hydrogen) atoms. The van der Waals surface area contributed by atoms with Crippen LogP contribution in [-0.4, -0.2) is 44.3 Å². The molecule has 0 saturated carbocycles. The topological polar surface area (TPSA) is 38.5 Å². The lowest BCUT2D eigenvalue weighted by Gasteiger charge is -2.22. The average Bonchev–Trinajstić information content (AvgIpc) is 2.52. The maximum absolute atomic E-state index is 5.66. The summed E-state index contributed by atoms with van der Waals surface area (Å²) in [5.41, 5.74) is 5.66. The second-order valence-corrected chi connectivity index (χ2v) is 3.41. The van der Waals surface area contributed by atoms with Crippen LogP contribution in [-0.2, 0) is 4.74 Å². The van der Waals surface area contributed by atoms with Crippen LogP contribution in [0.3, 0.4) is 0 Å². The van der Waals surface area contributed by atoms with Crippen molar-refractivity contribution in [1.82, 2.24) is 4.90 Å². The molecule has 0 bridgehead atoms. The van der Waals surface area contributed by atoms with Gasteiger partial charge in [0.15, 0.2) is 0 Å². The van der Waals surface area contributed by atoms with E-state index in [0.29, 0.717) is 6.04 Å². The monoisotopic (exact) mass is 172 g/mol. The van der Waals surface area contributed by atoms with Gasteiger partial charge in [0.25, 0.3) is 0 Å². The summed E-state index contributed by atoms with van der Waals surface area (Å²) in [5.74, 6) is 0. The Kier molecular flexibility index (Phi) is 4.58. The van der Waals surface area contributed by atoms with Crippen LogP contribution >= 0.6 is 0 Å². The zero-order chi connectivity index (χ0) is 8.81. The Hall–Kier alpha value is -0.120. The third-order valence-corrected chi connectivity index (χ3v) is 2.56. The van der Waals surface area contributed by atoms with Crippen LogP contribution in [0, 0.1) is 0 Å². The molecular weight excluding hydrogens is 152 g/mol. The van der Waals surface area contributed by atoms with E-state index in [1.807, 2.05) is 0 Å². The lowest BCUT2D eigenvalue weighted by molar-refractivity contribution is 0.168. The highest BCUT2D eigenvalue weighted by Gasteiger charge is 2.21. The number of hydrogen-bond acceptors (Lipinski definition) is 3. The van der Waals surface area contributed by atoms with E-state index in [1.54, 1.807) is 7.11 Å². The molecule has 3 heteroatoms. The molecule has 0 aromatic heterocycles. The first-order chi connectivity index (χ1) is 5.88. The van der Waals surface area contributed by atoms with E-state index in [4.69, 9.17) is 10.5 Å². The molecule has 1 rings (SSSR count). The summed E-state index contributed by atoms with van der Waals surface area (Å²) in [6.45, 7) is 4.06. The van der Waals surface area contributed by atoms with E-state index >= 15 is 0 Å². The zero-order valence-electron chi connectivity index (χ0n) is 7.96. The van der Waals surface area contributed by atoms with E-state index in [0.717, 1.165) is 26.1 Å². The van der Waals surface area contributed by atoms with Gasteiger partial charge in [0, 0.05) is 32.8 Å². The van der Waals surface area contributed by atoms with Crippen LogP contribution in [0.25, 0.3) is 0 Å². The maximum Gasteiger partial charge on any atom is 0.0474 e. The molecule has 1 aliphatic rings. The van der Waals surface area contributed by atoms with Crippen LogP contribution < -0.4 is 5.73 Å². The molecular formula is C9H20N2O. The minimum Gasteiger partial charge on any atom is -0.385 e. The van der Waals surface area contributed by atoms with Crippen molar-refractivity contribution in [2.24, 2.45) is 5.73 Å². The number of nitrogens with two attached hydrogens (primary N) is 1. The number of nitrogens with zero attached hydrogens (tertiary/aromatic N) is 1. The minimum atomic E-state index is 0.641. The molecule has 0 aromatic carbocycles. The maximum atomic E-state index is 5.66. The van der Waals surface area contributed by atoms with Crippen molar-refractivity contribution in [2.45, 2.75) is 25.3 Å². The van der Waals surface area contributed by atoms with E-state index in [-0.39, 0.29) is 0 Å². The van der Waals surface area contributed by atoms with E-state index in [1.165, 1.54) is 19.4 Å². The largest absolute Gasteiger partial charge is 0.385 e. The summed E-state index contributed by atoms with van der Waals surface area (Å²) in [7, 11) is 1.75. The fourth-order valence-electron chi connectivity index (χ4n) is 1.87. The third-order valence-electron chi connectivity index (χ3n) is 2.56. The Morgan fingerprint density at radius 1 is 1.58 bits per heavy atom. The molecule has 1 saturated heterocycles. The van der Waals surface area contributed by atoms with Crippen molar-refractivity contribution in [3.63, 3.8) is 0 Å². The fourth-order valence-corrected chi connectivity index (χ4v) is 1.87. The normalized spacial score (nSPS) is 25.0. The Bertz CT molecular complexity index is 119. The van der Waals surface area contributed by atoms with Crippen molar-refractivity contribution in [3.05, 3.63) is 0 Å². The lowest BCUT2D eigenvalue weighted by atomic mass is 10.2. The highest BCUT2D eigenvalue weighted by Crippen LogP contribution is 2.15. The average molecular weight is 172 g/mol. The Morgan fingerprint density at radius 2 is 2.42 bits per heavy atom. The predicted octanol–water partition coefficient (Wildman–Crippen LogP) is 0.446. The number of hydrogen-bond donors (Lipinski definition) is 1. The van der Waals surface area contributed by atoms with Crippen molar-refractivity contribution < 1.29 is 4.74 Å². The van der Waals surface area contributed by atoms with E-state index in [9.17, 15) is 0 Å². The van der Waals surface area contributed by atoms with Crippen molar-refractivity contribution in [1.29, 1.82) is 0 Å². The molecule has 1 atom stereocenters. The van der Waals surface area contributed by atoms with Gasteiger partial charge in [-0.15, -0.1) is 0 Å². The predicted molar refractivity (Wildman–Crippen MR) is 50.1 cm³/mol. The Balaban J connectivity index is 2.12. The van der Waals surface area contributed by atoms with Crippen LogP contribution in [0.2, 0.25) is 0 Å². The van der Waals surface area contributed by atoms with Crippen molar-refractivity contribution in [2.75, 3.05) is 33.4 Å². The summed E-state index contributed by atoms with van der Waals surface area (Å²) < 4.78 is 5.01. The van der Waals surface area contributed by atoms with Gasteiger partial charge in [-0.1, -0.05) is 0 Å². The van der Waals surface area contributed by atoms with Crippen LogP contribution in [0.4, 0.5) is 0 Å². The van der Waals surface area contributed by atoms with Crippen molar-refractivity contribution >= 4 is 0 Å². The first kappa shape index (κ1) is 9.96. The minimum absolute atomic E-state index is 0.641. The van der Waals surface area contributed by atoms with Crippen molar-refractivity contribution in [3.8, 4) is 0 Å². The number of likely N-dealkylation sites (tertiary alicyclic amines) is 1. The van der Waals surface area contributed by atoms with Gasteiger partial charge in [-0.2, -0.15) is 0 Å². The first-order valence-electron chi connectivity index (χ1n) is 4.81. The molecule has 1 aliphatic heterocycles. The number of rotatable bonds is 5. The zero-order valence-corrected chi connectivity index (χ0v) is 7.96. The smallest absolute Gasteiger partial charge is 0.0474 e. The molecule has 0 aliphatic carbocycles. The molecule has 72 valence electrons. The summed E-state index contributed by atoms with van der Waals surface area (Å²) in [6.07, 6.45) is 3.73. The van der Waals surface area contributed by atoms with Gasteiger partial charge in [-0.05, 0) is 25.8 Å². The summed E-state index contributed by atoms with van der Waals surface area (Å²) in [4.78, 5) is 2.49.